The van der Waals surface area contributed by atoms with Crippen LogP contribution < -0.4 is 0 Å². The highest BCUT2D eigenvalue weighted by Gasteiger charge is 2.14. The number of hydrogen-bond acceptors (Lipinski definition) is 3. The lowest BCUT2D eigenvalue weighted by atomic mass is 10.2. The van der Waals surface area contributed by atoms with Crippen LogP contribution in [0.25, 0.3) is 0 Å². The molecule has 0 rings (SSSR count). The van der Waals surface area contributed by atoms with E-state index >= 15 is 0 Å². The summed E-state index contributed by atoms with van der Waals surface area (Å²) in [5, 5.41) is -0.952. The molecule has 3 nitrogen and oxygen atoms in total. The molecule has 0 saturated carbocycles. The number of hydrogen-bond donors (Lipinski definition) is 0. The van der Waals surface area contributed by atoms with Crippen molar-refractivity contribution in [2.24, 2.45) is 0 Å². The predicted molar refractivity (Wildman–Crippen MR) is 46.4 cm³/mol. The maximum Gasteiger partial charge on any atom is 0.250 e. The largest absolute Gasteiger partial charge is 0.372 e. The van der Waals surface area contributed by atoms with Gasteiger partial charge in [0.05, 0.1) is 0 Å². The summed E-state index contributed by atoms with van der Waals surface area (Å²) in [7, 11) is 1.40. The minimum absolute atomic E-state index is 0.242. The van der Waals surface area contributed by atoms with Crippen LogP contribution in [0.4, 0.5) is 0 Å². The van der Waals surface area contributed by atoms with Crippen LogP contribution in [0, 0.1) is 0 Å². The van der Waals surface area contributed by atoms with E-state index in [2.05, 4.69) is 0 Å². The van der Waals surface area contributed by atoms with E-state index in [0.29, 0.717) is 12.8 Å². The maximum atomic E-state index is 10.6. The second kappa shape index (κ2) is 6.40. The standard InChI is InChI=1S/C7H10Cl2O3/c1-12-5(7(9)11)3-2-4-6(8)10/h5H,2-4H2,1H3. The van der Waals surface area contributed by atoms with Crippen molar-refractivity contribution in [3.05, 3.63) is 0 Å². The molecule has 0 aromatic rings. The summed E-state index contributed by atoms with van der Waals surface area (Å²) >= 11 is 10.3. The number of carbonyl (C=O) groups excluding carboxylic acids is 2. The fourth-order valence-corrected chi connectivity index (χ4v) is 1.08. The SMILES string of the molecule is COC(CCCC(=O)Cl)C(=O)Cl. The van der Waals surface area contributed by atoms with Gasteiger partial charge >= 0.3 is 0 Å². The molecule has 0 spiro atoms. The van der Waals surface area contributed by atoms with E-state index in [1.807, 2.05) is 0 Å². The van der Waals surface area contributed by atoms with Crippen LogP contribution in [0.15, 0.2) is 0 Å². The summed E-state index contributed by atoms with van der Waals surface area (Å²) in [4.78, 5) is 20.9. The molecule has 70 valence electrons. The van der Waals surface area contributed by atoms with Crippen molar-refractivity contribution in [1.82, 2.24) is 0 Å². The van der Waals surface area contributed by atoms with E-state index in [4.69, 9.17) is 27.9 Å². The smallest absolute Gasteiger partial charge is 0.250 e. The summed E-state index contributed by atoms with van der Waals surface area (Å²) in [5.41, 5.74) is 0. The van der Waals surface area contributed by atoms with E-state index in [-0.39, 0.29) is 6.42 Å². The third-order valence-corrected chi connectivity index (χ3v) is 1.81. The highest BCUT2D eigenvalue weighted by molar-refractivity contribution is 6.64. The number of methoxy groups -OCH3 is 1. The lowest BCUT2D eigenvalue weighted by Crippen LogP contribution is -2.18. The Morgan fingerprint density at radius 3 is 2.33 bits per heavy atom. The monoisotopic (exact) mass is 212 g/mol. The van der Waals surface area contributed by atoms with Gasteiger partial charge in [0.2, 0.25) is 10.5 Å². The molecule has 12 heavy (non-hydrogen) atoms. The molecule has 0 aliphatic rings. The fraction of sp³-hybridized carbons (Fsp3) is 0.714. The van der Waals surface area contributed by atoms with Crippen LogP contribution in [0.1, 0.15) is 19.3 Å². The molecule has 0 fully saturated rings. The Labute approximate surface area is 81.0 Å². The van der Waals surface area contributed by atoms with Gasteiger partial charge in [-0.1, -0.05) is 0 Å². The number of halogens is 2. The molecular weight excluding hydrogens is 203 g/mol. The quantitative estimate of drug-likeness (QED) is 0.630. The van der Waals surface area contributed by atoms with E-state index in [9.17, 15) is 9.59 Å². The highest BCUT2D eigenvalue weighted by atomic mass is 35.5. The molecule has 0 N–H and O–H groups in total. The summed E-state index contributed by atoms with van der Waals surface area (Å²) in [6, 6.07) is 0. The predicted octanol–water partition coefficient (Wildman–Crippen LogP) is 1.70. The van der Waals surface area contributed by atoms with Crippen molar-refractivity contribution in [1.29, 1.82) is 0 Å². The Kier molecular flexibility index (Phi) is 6.34. The number of ether oxygens (including phenoxy) is 1. The maximum absolute atomic E-state index is 10.6. The van der Waals surface area contributed by atoms with Gasteiger partial charge in [0.1, 0.15) is 6.10 Å². The first kappa shape index (κ1) is 11.9. The minimum Gasteiger partial charge on any atom is -0.372 e. The van der Waals surface area contributed by atoms with E-state index < -0.39 is 16.6 Å². The van der Waals surface area contributed by atoms with Crippen molar-refractivity contribution in [2.75, 3.05) is 7.11 Å². The Bertz CT molecular complexity index is 170. The van der Waals surface area contributed by atoms with Gasteiger partial charge in [-0.3, -0.25) is 9.59 Å². The molecule has 1 unspecified atom stereocenters. The van der Waals surface area contributed by atoms with Gasteiger partial charge in [-0.2, -0.15) is 0 Å². The van der Waals surface area contributed by atoms with Gasteiger partial charge in [0.15, 0.2) is 0 Å². The van der Waals surface area contributed by atoms with E-state index in [0.717, 1.165) is 0 Å². The molecule has 0 aliphatic heterocycles. The summed E-state index contributed by atoms with van der Waals surface area (Å²) in [6.07, 6.45) is 0.560. The van der Waals surface area contributed by atoms with Gasteiger partial charge in [0.25, 0.3) is 0 Å². The first-order valence-corrected chi connectivity index (χ1v) is 4.24. The Morgan fingerprint density at radius 1 is 1.42 bits per heavy atom. The molecule has 0 heterocycles. The van der Waals surface area contributed by atoms with E-state index in [1.54, 1.807) is 0 Å². The second-order valence-corrected chi connectivity index (χ2v) is 3.07. The van der Waals surface area contributed by atoms with Crippen LogP contribution >= 0.6 is 23.2 Å². The summed E-state index contributed by atoms with van der Waals surface area (Å²) in [6.45, 7) is 0. The average molecular weight is 213 g/mol. The molecule has 0 radical (unpaired) electrons. The summed E-state index contributed by atoms with van der Waals surface area (Å²) < 4.78 is 4.76. The minimum atomic E-state index is -0.623. The lowest BCUT2D eigenvalue weighted by Gasteiger charge is -2.08. The first-order chi connectivity index (χ1) is 5.57. The van der Waals surface area contributed by atoms with Gasteiger partial charge < -0.3 is 4.74 Å². The molecule has 0 aromatic carbocycles. The van der Waals surface area contributed by atoms with Gasteiger partial charge in [0, 0.05) is 13.5 Å². The zero-order valence-corrected chi connectivity index (χ0v) is 8.19. The molecule has 0 bridgehead atoms. The van der Waals surface area contributed by atoms with Crippen LogP contribution in [-0.4, -0.2) is 23.7 Å². The number of carbonyl (C=O) groups is 2. The Hall–Kier alpha value is -0.120. The third-order valence-electron chi connectivity index (χ3n) is 1.38. The Balaban J connectivity index is 3.59. The van der Waals surface area contributed by atoms with Crippen molar-refractivity contribution >= 4 is 33.7 Å². The highest BCUT2D eigenvalue weighted by Crippen LogP contribution is 2.08. The van der Waals surface area contributed by atoms with Gasteiger partial charge in [-0.25, -0.2) is 0 Å². The fourth-order valence-electron chi connectivity index (χ4n) is 0.750. The van der Waals surface area contributed by atoms with E-state index in [1.165, 1.54) is 7.11 Å². The van der Waals surface area contributed by atoms with Crippen LogP contribution in [0.2, 0.25) is 0 Å². The molecule has 0 saturated heterocycles. The molecule has 5 heteroatoms. The molecule has 0 aromatic heterocycles. The van der Waals surface area contributed by atoms with Gasteiger partial charge in [-0.05, 0) is 36.0 Å². The molecule has 0 aliphatic carbocycles. The van der Waals surface area contributed by atoms with Crippen molar-refractivity contribution in [3.63, 3.8) is 0 Å². The topological polar surface area (TPSA) is 43.4 Å². The second-order valence-electron chi connectivity index (χ2n) is 2.28. The molecular formula is C7H10Cl2O3. The molecule has 0 amide bonds. The lowest BCUT2D eigenvalue weighted by molar-refractivity contribution is -0.121. The Morgan fingerprint density at radius 2 is 2.00 bits per heavy atom. The van der Waals surface area contributed by atoms with Gasteiger partial charge in [-0.15, -0.1) is 0 Å². The third kappa shape index (κ3) is 5.52. The summed E-state index contributed by atoms with van der Waals surface area (Å²) in [5.74, 6) is 0. The van der Waals surface area contributed by atoms with Crippen molar-refractivity contribution in [2.45, 2.75) is 25.4 Å². The van der Waals surface area contributed by atoms with Crippen molar-refractivity contribution in [3.8, 4) is 0 Å². The number of rotatable bonds is 6. The van der Waals surface area contributed by atoms with Crippen LogP contribution in [-0.2, 0) is 14.3 Å². The normalized spacial score (nSPS) is 12.6. The zero-order valence-electron chi connectivity index (χ0n) is 6.68. The zero-order chi connectivity index (χ0) is 9.56. The van der Waals surface area contributed by atoms with Crippen LogP contribution in [0.5, 0.6) is 0 Å². The van der Waals surface area contributed by atoms with Crippen molar-refractivity contribution < 1.29 is 14.3 Å². The first-order valence-electron chi connectivity index (χ1n) is 3.48. The molecule has 1 atom stereocenters. The average Bonchev–Trinajstić information content (AvgIpc) is 1.96. The van der Waals surface area contributed by atoms with Crippen LogP contribution in [0.3, 0.4) is 0 Å².